The molecule has 0 bridgehead atoms. The highest BCUT2D eigenvalue weighted by Crippen LogP contribution is 2.46. The topological polar surface area (TPSA) is 125 Å². The van der Waals surface area contributed by atoms with Crippen molar-refractivity contribution in [1.29, 1.82) is 0 Å². The lowest BCUT2D eigenvalue weighted by Gasteiger charge is -2.30. The summed E-state index contributed by atoms with van der Waals surface area (Å²) in [5, 5.41) is 27.3. The maximum Gasteiger partial charge on any atom is 0.408 e. The fourth-order valence-electron chi connectivity index (χ4n) is 4.61. The predicted octanol–water partition coefficient (Wildman–Crippen LogP) is 3.38. The lowest BCUT2D eigenvalue weighted by atomic mass is 9.92. The van der Waals surface area contributed by atoms with Gasteiger partial charge in [-0.05, 0) is 29.4 Å². The average Bonchev–Trinajstić information content (AvgIpc) is 3.55. The summed E-state index contributed by atoms with van der Waals surface area (Å²) in [6.07, 6.45) is -2.55. The van der Waals surface area contributed by atoms with Gasteiger partial charge in [0.2, 0.25) is 5.91 Å². The van der Waals surface area contributed by atoms with Gasteiger partial charge in [-0.15, -0.1) is 0 Å². The Morgan fingerprint density at radius 2 is 1.49 bits per heavy atom. The number of carbonyl (C=O) groups excluding carboxylic acids is 3. The minimum Gasteiger partial charge on any atom is -0.445 e. The van der Waals surface area contributed by atoms with Gasteiger partial charge in [0.15, 0.2) is 0 Å². The van der Waals surface area contributed by atoms with Gasteiger partial charge in [0.1, 0.15) is 18.4 Å². The van der Waals surface area contributed by atoms with E-state index >= 15 is 0 Å². The van der Waals surface area contributed by atoms with Crippen LogP contribution in [-0.2, 0) is 20.9 Å². The molecular formula is C29H38N2O6. The lowest BCUT2D eigenvalue weighted by Crippen LogP contribution is -2.55. The van der Waals surface area contributed by atoms with Crippen LogP contribution in [-0.4, -0.2) is 46.2 Å². The molecule has 1 aliphatic carbocycles. The molecule has 0 radical (unpaired) electrons. The van der Waals surface area contributed by atoms with Gasteiger partial charge in [0, 0.05) is 0 Å². The summed E-state index contributed by atoms with van der Waals surface area (Å²) >= 11 is 0. The molecule has 0 heterocycles. The number of ether oxygens (including phenoxy) is 1. The predicted molar refractivity (Wildman–Crippen MR) is 139 cm³/mol. The van der Waals surface area contributed by atoms with Crippen LogP contribution >= 0.6 is 0 Å². The maximum atomic E-state index is 13.2. The van der Waals surface area contributed by atoms with E-state index in [2.05, 4.69) is 10.6 Å². The highest BCUT2D eigenvalue weighted by Gasteiger charge is 2.59. The highest BCUT2D eigenvalue weighted by molar-refractivity contribution is 6.00. The molecule has 4 unspecified atom stereocenters. The Morgan fingerprint density at radius 1 is 0.892 bits per heavy atom. The molecule has 0 saturated heterocycles. The van der Waals surface area contributed by atoms with Gasteiger partial charge in [0.25, 0.3) is 0 Å². The van der Waals surface area contributed by atoms with Gasteiger partial charge in [-0.25, -0.2) is 4.79 Å². The fourth-order valence-corrected chi connectivity index (χ4v) is 4.61. The number of hydrogen-bond acceptors (Lipinski definition) is 6. The molecule has 2 aromatic carbocycles. The second-order valence-corrected chi connectivity index (χ2v) is 10.5. The SMILES string of the molecule is CC(C)C[C@H](NC(=O)OCc1ccccc1)C(=O)N[C@@H](C(C)C)C(O)C1C(=O)C1C(O)c1ccccc1. The molecule has 2 aromatic rings. The van der Waals surface area contributed by atoms with E-state index in [4.69, 9.17) is 4.74 Å². The average molecular weight is 511 g/mol. The number of hydrogen-bond donors (Lipinski definition) is 4. The molecule has 1 saturated carbocycles. The van der Waals surface area contributed by atoms with Crippen LogP contribution in [0.1, 0.15) is 51.3 Å². The number of carbonyl (C=O) groups is 3. The third kappa shape index (κ3) is 7.63. The van der Waals surface area contributed by atoms with Crippen LogP contribution < -0.4 is 10.6 Å². The van der Waals surface area contributed by atoms with Crippen molar-refractivity contribution in [1.82, 2.24) is 10.6 Å². The van der Waals surface area contributed by atoms with E-state index < -0.39 is 48.1 Å². The number of amides is 2. The van der Waals surface area contributed by atoms with Gasteiger partial charge in [0.05, 0.1) is 30.1 Å². The lowest BCUT2D eigenvalue weighted by molar-refractivity contribution is -0.126. The Labute approximate surface area is 218 Å². The van der Waals surface area contributed by atoms with Gasteiger partial charge in [-0.1, -0.05) is 88.4 Å². The molecule has 0 aromatic heterocycles. The van der Waals surface area contributed by atoms with E-state index in [1.807, 2.05) is 64.1 Å². The van der Waals surface area contributed by atoms with Gasteiger partial charge < -0.3 is 25.6 Å². The monoisotopic (exact) mass is 510 g/mol. The number of benzene rings is 2. The summed E-state index contributed by atoms with van der Waals surface area (Å²) in [4.78, 5) is 38.3. The molecule has 3 rings (SSSR count). The molecule has 37 heavy (non-hydrogen) atoms. The Morgan fingerprint density at radius 3 is 2.05 bits per heavy atom. The Hall–Kier alpha value is -3.23. The summed E-state index contributed by atoms with van der Waals surface area (Å²) in [7, 11) is 0. The summed E-state index contributed by atoms with van der Waals surface area (Å²) < 4.78 is 5.28. The number of aliphatic hydroxyl groups excluding tert-OH is 2. The van der Waals surface area contributed by atoms with E-state index in [9.17, 15) is 24.6 Å². The van der Waals surface area contributed by atoms with Crippen LogP contribution in [0.15, 0.2) is 60.7 Å². The third-order valence-corrected chi connectivity index (χ3v) is 6.71. The number of Topliss-reactive ketones (excluding diaryl/α,β-unsaturated/α-hetero) is 1. The highest BCUT2D eigenvalue weighted by atomic mass is 16.5. The summed E-state index contributed by atoms with van der Waals surface area (Å²) in [6.45, 7) is 7.62. The van der Waals surface area contributed by atoms with E-state index in [1.54, 1.807) is 24.3 Å². The van der Waals surface area contributed by atoms with Crippen LogP contribution in [0.2, 0.25) is 0 Å². The molecule has 0 spiro atoms. The van der Waals surface area contributed by atoms with E-state index in [-0.39, 0.29) is 24.2 Å². The van der Waals surface area contributed by atoms with Crippen LogP contribution in [0.25, 0.3) is 0 Å². The van der Waals surface area contributed by atoms with E-state index in [1.165, 1.54) is 0 Å². The third-order valence-electron chi connectivity index (χ3n) is 6.71. The van der Waals surface area contributed by atoms with Gasteiger partial charge in [-0.2, -0.15) is 0 Å². The summed E-state index contributed by atoms with van der Waals surface area (Å²) in [5.74, 6) is -2.31. The molecule has 0 aliphatic heterocycles. The number of alkyl carbamates (subject to hydrolysis) is 1. The number of rotatable bonds is 12. The van der Waals surface area contributed by atoms with Crippen LogP contribution in [0, 0.1) is 23.7 Å². The van der Waals surface area contributed by atoms with Gasteiger partial charge >= 0.3 is 6.09 Å². The molecule has 4 N–H and O–H groups in total. The van der Waals surface area contributed by atoms with Crippen molar-refractivity contribution in [2.75, 3.05) is 0 Å². The van der Waals surface area contributed by atoms with Crippen molar-refractivity contribution < 1.29 is 29.3 Å². The Bertz CT molecular complexity index is 1040. The maximum absolute atomic E-state index is 13.2. The van der Waals surface area contributed by atoms with Crippen molar-refractivity contribution in [3.8, 4) is 0 Å². The quantitative estimate of drug-likeness (QED) is 0.347. The zero-order valence-electron chi connectivity index (χ0n) is 21.8. The summed E-state index contributed by atoms with van der Waals surface area (Å²) in [6, 6.07) is 16.5. The molecule has 8 heteroatoms. The van der Waals surface area contributed by atoms with Crippen LogP contribution in [0.4, 0.5) is 4.79 Å². The zero-order chi connectivity index (χ0) is 27.1. The number of nitrogens with one attached hydrogen (secondary N) is 2. The Kier molecular flexibility index (Phi) is 9.83. The van der Waals surface area contributed by atoms with Crippen molar-refractivity contribution in [2.24, 2.45) is 23.7 Å². The summed E-state index contributed by atoms with van der Waals surface area (Å²) in [5.41, 5.74) is 1.43. The standard InChI is InChI=1S/C29H38N2O6/c1-17(2)15-21(30-29(36)37-16-19-11-7-5-8-12-19)28(35)31-24(18(3)4)27(34)23-22(26(23)33)25(32)20-13-9-6-10-14-20/h5-14,17-18,21-25,27,32,34H,15-16H2,1-4H3,(H,30,36)(H,31,35)/t21-,22?,23?,24-,25?,27?/m0/s1. The second-order valence-electron chi connectivity index (χ2n) is 10.5. The van der Waals surface area contributed by atoms with Crippen molar-refractivity contribution in [3.63, 3.8) is 0 Å². The first-order valence-corrected chi connectivity index (χ1v) is 12.8. The normalized spacial score (nSPS) is 20.2. The van der Waals surface area contributed by atoms with Crippen LogP contribution in [0.5, 0.6) is 0 Å². The van der Waals surface area contributed by atoms with Crippen LogP contribution in [0.3, 0.4) is 0 Å². The molecule has 6 atom stereocenters. The molecule has 1 aliphatic rings. The fraction of sp³-hybridized carbons (Fsp3) is 0.483. The molecular weight excluding hydrogens is 472 g/mol. The van der Waals surface area contributed by atoms with E-state index in [0.29, 0.717) is 12.0 Å². The number of ketones is 1. The first-order valence-electron chi connectivity index (χ1n) is 12.8. The first-order chi connectivity index (χ1) is 17.6. The minimum absolute atomic E-state index is 0.0744. The largest absolute Gasteiger partial charge is 0.445 e. The number of aliphatic hydroxyl groups is 2. The smallest absolute Gasteiger partial charge is 0.408 e. The van der Waals surface area contributed by atoms with Crippen molar-refractivity contribution in [2.45, 2.75) is 65.0 Å². The van der Waals surface area contributed by atoms with Gasteiger partial charge in [-0.3, -0.25) is 9.59 Å². The molecule has 2 amide bonds. The van der Waals surface area contributed by atoms with Crippen molar-refractivity contribution >= 4 is 17.8 Å². The Balaban J connectivity index is 1.64. The van der Waals surface area contributed by atoms with Crippen molar-refractivity contribution in [3.05, 3.63) is 71.8 Å². The molecule has 1 fully saturated rings. The first kappa shape index (κ1) is 28.3. The molecule has 200 valence electrons. The second kappa shape index (κ2) is 12.8. The zero-order valence-corrected chi connectivity index (χ0v) is 21.8. The minimum atomic E-state index is -1.18. The van der Waals surface area contributed by atoms with E-state index in [0.717, 1.165) is 5.56 Å². The molecule has 8 nitrogen and oxygen atoms in total.